The van der Waals surface area contributed by atoms with Crippen molar-refractivity contribution in [1.29, 1.82) is 5.26 Å². The molecule has 0 aromatic rings. The molecule has 2 atom stereocenters. The van der Waals surface area contributed by atoms with E-state index in [0.29, 0.717) is 6.42 Å². The van der Waals surface area contributed by atoms with Crippen LogP contribution in [0.25, 0.3) is 0 Å². The van der Waals surface area contributed by atoms with Crippen LogP contribution in [-0.4, -0.2) is 23.1 Å². The number of carboxylic acid groups (broad SMARTS) is 1. The normalized spacial score (nSPS) is 23.8. The van der Waals surface area contributed by atoms with Crippen molar-refractivity contribution in [2.75, 3.05) is 0 Å². The summed E-state index contributed by atoms with van der Waals surface area (Å²) < 4.78 is 4.85. The Morgan fingerprint density at radius 2 is 2.19 bits per heavy atom. The lowest BCUT2D eigenvalue weighted by atomic mass is 10.2. The molecule has 1 saturated carbocycles. The molecule has 0 spiro atoms. The van der Waals surface area contributed by atoms with Gasteiger partial charge in [-0.25, -0.2) is 4.79 Å². The molecule has 0 heterocycles. The number of ether oxygens (including phenoxy) is 1. The molecule has 0 amide bonds. The van der Waals surface area contributed by atoms with Gasteiger partial charge in [-0.05, 0) is 26.2 Å². The minimum atomic E-state index is -0.893. The molecule has 0 saturated heterocycles. The van der Waals surface area contributed by atoms with E-state index in [-0.39, 0.29) is 17.6 Å². The van der Waals surface area contributed by atoms with Gasteiger partial charge >= 0.3 is 11.9 Å². The van der Waals surface area contributed by atoms with E-state index < -0.39 is 17.9 Å². The van der Waals surface area contributed by atoms with E-state index in [1.54, 1.807) is 19.9 Å². The van der Waals surface area contributed by atoms with Crippen LogP contribution in [0.5, 0.6) is 0 Å². The van der Waals surface area contributed by atoms with Crippen LogP contribution in [0.2, 0.25) is 0 Å². The third kappa shape index (κ3) is 3.09. The minimum absolute atomic E-state index is 0.109. The Morgan fingerprint density at radius 1 is 1.56 bits per heavy atom. The zero-order chi connectivity index (χ0) is 12.3. The van der Waals surface area contributed by atoms with Gasteiger partial charge in [-0.1, -0.05) is 6.08 Å². The van der Waals surface area contributed by atoms with Crippen LogP contribution in [0.4, 0.5) is 0 Å². The largest absolute Gasteiger partial charge is 0.481 e. The van der Waals surface area contributed by atoms with Gasteiger partial charge in [-0.2, -0.15) is 5.26 Å². The molecule has 1 N–H and O–H groups in total. The van der Waals surface area contributed by atoms with Gasteiger partial charge in [0.1, 0.15) is 11.6 Å². The zero-order valence-corrected chi connectivity index (χ0v) is 9.14. The number of rotatable bonds is 4. The Morgan fingerprint density at radius 3 is 2.56 bits per heavy atom. The second kappa shape index (κ2) is 4.79. The van der Waals surface area contributed by atoms with Crippen molar-refractivity contribution >= 4 is 11.9 Å². The first-order valence-corrected chi connectivity index (χ1v) is 5.01. The Balaban J connectivity index is 2.63. The number of esters is 1. The average Bonchev–Trinajstić information content (AvgIpc) is 2.91. The predicted molar refractivity (Wildman–Crippen MR) is 54.2 cm³/mol. The smallest absolute Gasteiger partial charge is 0.348 e. The number of carboxylic acids is 1. The summed E-state index contributed by atoms with van der Waals surface area (Å²) in [6.45, 7) is 3.37. The van der Waals surface area contributed by atoms with Gasteiger partial charge in [0.25, 0.3) is 0 Å². The molecule has 0 aliphatic heterocycles. The molecule has 0 bridgehead atoms. The van der Waals surface area contributed by atoms with E-state index in [2.05, 4.69) is 0 Å². The molecule has 1 aliphatic rings. The maximum atomic E-state index is 11.4. The molecule has 1 fully saturated rings. The predicted octanol–water partition coefficient (Wildman–Crippen LogP) is 1.11. The first-order valence-electron chi connectivity index (χ1n) is 5.01. The van der Waals surface area contributed by atoms with Crippen LogP contribution in [0.3, 0.4) is 0 Å². The Hall–Kier alpha value is -1.83. The van der Waals surface area contributed by atoms with Crippen molar-refractivity contribution in [3.05, 3.63) is 11.6 Å². The maximum absolute atomic E-state index is 11.4. The van der Waals surface area contributed by atoms with E-state index in [1.165, 1.54) is 6.08 Å². The standard InChI is InChI=1S/C11H13NO4/c1-6(2)16-11(15)8(5-12)3-7-4-9(7)10(13)14/h3,6-7,9H,4H2,1-2H3,(H,13,14)/t7?,9-/m1/s1. The molecular formula is C11H13NO4. The van der Waals surface area contributed by atoms with Crippen LogP contribution in [-0.2, 0) is 14.3 Å². The highest BCUT2D eigenvalue weighted by atomic mass is 16.5. The molecule has 1 aliphatic carbocycles. The monoisotopic (exact) mass is 223 g/mol. The van der Waals surface area contributed by atoms with E-state index in [1.807, 2.05) is 0 Å². The summed E-state index contributed by atoms with van der Waals surface area (Å²) in [5.74, 6) is -2.26. The van der Waals surface area contributed by atoms with E-state index in [0.717, 1.165) is 0 Å². The number of carbonyl (C=O) groups is 2. The lowest BCUT2D eigenvalue weighted by Gasteiger charge is -2.06. The highest BCUT2D eigenvalue weighted by Gasteiger charge is 2.42. The zero-order valence-electron chi connectivity index (χ0n) is 9.14. The number of allylic oxidation sites excluding steroid dienone is 1. The first-order chi connectivity index (χ1) is 7.45. The van der Waals surface area contributed by atoms with E-state index in [4.69, 9.17) is 15.1 Å². The van der Waals surface area contributed by atoms with Gasteiger partial charge in [-0.15, -0.1) is 0 Å². The summed E-state index contributed by atoms with van der Waals surface area (Å²) in [5.41, 5.74) is -0.109. The lowest BCUT2D eigenvalue weighted by Crippen LogP contribution is -2.13. The van der Waals surface area contributed by atoms with Crippen molar-refractivity contribution in [2.45, 2.75) is 26.4 Å². The van der Waals surface area contributed by atoms with Gasteiger partial charge in [-0.3, -0.25) is 4.79 Å². The molecule has 1 rings (SSSR count). The maximum Gasteiger partial charge on any atom is 0.348 e. The molecule has 86 valence electrons. The minimum Gasteiger partial charge on any atom is -0.481 e. The number of hydrogen-bond donors (Lipinski definition) is 1. The summed E-state index contributed by atoms with van der Waals surface area (Å²) in [6.07, 6.45) is 1.58. The lowest BCUT2D eigenvalue weighted by molar-refractivity contribution is -0.142. The molecule has 0 aromatic carbocycles. The summed E-state index contributed by atoms with van der Waals surface area (Å²) in [7, 11) is 0. The third-order valence-corrected chi connectivity index (χ3v) is 2.22. The van der Waals surface area contributed by atoms with Crippen LogP contribution < -0.4 is 0 Å². The Labute approximate surface area is 93.3 Å². The topological polar surface area (TPSA) is 87.4 Å². The van der Waals surface area contributed by atoms with Crippen LogP contribution >= 0.6 is 0 Å². The summed E-state index contributed by atoms with van der Waals surface area (Å²) in [6, 6.07) is 1.73. The molecule has 5 heteroatoms. The van der Waals surface area contributed by atoms with Crippen molar-refractivity contribution in [3.8, 4) is 6.07 Å². The molecular weight excluding hydrogens is 210 g/mol. The van der Waals surface area contributed by atoms with Crippen LogP contribution in [0.1, 0.15) is 20.3 Å². The van der Waals surface area contributed by atoms with Crippen molar-refractivity contribution < 1.29 is 19.4 Å². The highest BCUT2D eigenvalue weighted by molar-refractivity contribution is 5.93. The van der Waals surface area contributed by atoms with Crippen molar-refractivity contribution in [2.24, 2.45) is 11.8 Å². The Kier molecular flexibility index (Phi) is 3.67. The van der Waals surface area contributed by atoms with Crippen LogP contribution in [0, 0.1) is 23.2 Å². The molecule has 0 aromatic heterocycles. The van der Waals surface area contributed by atoms with Crippen molar-refractivity contribution in [1.82, 2.24) is 0 Å². The van der Waals surface area contributed by atoms with E-state index >= 15 is 0 Å². The fraction of sp³-hybridized carbons (Fsp3) is 0.545. The van der Waals surface area contributed by atoms with Gasteiger partial charge in [0.05, 0.1) is 12.0 Å². The van der Waals surface area contributed by atoms with Gasteiger partial charge in [0, 0.05) is 0 Å². The van der Waals surface area contributed by atoms with Gasteiger partial charge < -0.3 is 9.84 Å². The fourth-order valence-electron chi connectivity index (χ4n) is 1.33. The van der Waals surface area contributed by atoms with Crippen molar-refractivity contribution in [3.63, 3.8) is 0 Å². The molecule has 1 unspecified atom stereocenters. The molecule has 0 radical (unpaired) electrons. The summed E-state index contributed by atoms with van der Waals surface area (Å²) >= 11 is 0. The second-order valence-electron chi connectivity index (χ2n) is 3.99. The quantitative estimate of drug-likeness (QED) is 0.438. The fourth-order valence-corrected chi connectivity index (χ4v) is 1.33. The summed E-state index contributed by atoms with van der Waals surface area (Å²) in [5, 5.41) is 17.4. The molecule has 5 nitrogen and oxygen atoms in total. The Bertz CT molecular complexity index is 378. The number of carbonyl (C=O) groups excluding carboxylic acids is 1. The van der Waals surface area contributed by atoms with Crippen LogP contribution in [0.15, 0.2) is 11.6 Å². The number of nitriles is 1. The van der Waals surface area contributed by atoms with Gasteiger partial charge in [0.15, 0.2) is 0 Å². The van der Waals surface area contributed by atoms with E-state index in [9.17, 15) is 9.59 Å². The number of hydrogen-bond acceptors (Lipinski definition) is 4. The first kappa shape index (κ1) is 12.2. The second-order valence-corrected chi connectivity index (χ2v) is 3.99. The highest BCUT2D eigenvalue weighted by Crippen LogP contribution is 2.40. The number of aliphatic carboxylic acids is 1. The third-order valence-electron chi connectivity index (χ3n) is 2.22. The molecule has 16 heavy (non-hydrogen) atoms. The average molecular weight is 223 g/mol. The number of nitrogens with zero attached hydrogens (tertiary/aromatic N) is 1. The van der Waals surface area contributed by atoms with Gasteiger partial charge in [0.2, 0.25) is 0 Å². The SMILES string of the molecule is CC(C)OC(=O)C(C#N)=CC1C[C@H]1C(=O)O. The summed E-state index contributed by atoms with van der Waals surface area (Å²) in [4.78, 5) is 21.9.